The summed E-state index contributed by atoms with van der Waals surface area (Å²) in [5.41, 5.74) is 18.8. The third-order valence-electron chi connectivity index (χ3n) is 14.2. The molecule has 0 unspecified atom stereocenters. The first kappa shape index (κ1) is 36.3. The van der Waals surface area contributed by atoms with Crippen molar-refractivity contribution in [2.24, 2.45) is 0 Å². The standard InChI is InChI=1S/C62H37N5/c1-3-17-51-45(13-1)49-31-27-39(36-59(49)66-57-23-11-7-19-53(57)63-61(51)66)42-33-41(38-25-29-44(30-26-38)65-55-21-9-5-15-47(55)48-16-6-10-22-56(48)65)34-43(35-42)40-28-32-50-46-14-2-4-18-52(46)62-64-54-20-8-12-24-58(54)67(62)60(50)37-40/h1-37H. The van der Waals surface area contributed by atoms with Gasteiger partial charge in [0.1, 0.15) is 11.3 Å². The van der Waals surface area contributed by atoms with E-state index in [9.17, 15) is 0 Å². The second-order valence-corrected chi connectivity index (χ2v) is 17.8. The Kier molecular flexibility index (Phi) is 7.44. The zero-order chi connectivity index (χ0) is 43.7. The molecule has 5 heteroatoms. The number of para-hydroxylation sites is 6. The molecule has 67 heavy (non-hydrogen) atoms. The van der Waals surface area contributed by atoms with Gasteiger partial charge in [0.25, 0.3) is 0 Å². The molecule has 5 aromatic heterocycles. The predicted octanol–water partition coefficient (Wildman–Crippen LogP) is 16.0. The van der Waals surface area contributed by atoms with Crippen molar-refractivity contribution in [2.45, 2.75) is 0 Å². The van der Waals surface area contributed by atoms with Crippen LogP contribution in [0.5, 0.6) is 0 Å². The maximum atomic E-state index is 5.20. The number of nitrogens with zero attached hydrogens (tertiary/aromatic N) is 5. The number of fused-ring (bicyclic) bond motifs is 19. The molecule has 0 bridgehead atoms. The summed E-state index contributed by atoms with van der Waals surface area (Å²) < 4.78 is 7.08. The summed E-state index contributed by atoms with van der Waals surface area (Å²) in [7, 11) is 0. The fraction of sp³-hybridized carbons (Fsp3) is 0. The largest absolute Gasteiger partial charge is 0.309 e. The van der Waals surface area contributed by atoms with Gasteiger partial charge >= 0.3 is 0 Å². The lowest BCUT2D eigenvalue weighted by Gasteiger charge is -2.15. The highest BCUT2D eigenvalue weighted by molar-refractivity contribution is 6.16. The van der Waals surface area contributed by atoms with E-state index >= 15 is 0 Å². The second-order valence-electron chi connectivity index (χ2n) is 17.8. The molecule has 310 valence electrons. The highest BCUT2D eigenvalue weighted by Gasteiger charge is 2.18. The van der Waals surface area contributed by atoms with Crippen molar-refractivity contribution in [2.75, 3.05) is 0 Å². The summed E-state index contributed by atoms with van der Waals surface area (Å²) in [6.07, 6.45) is 0. The Morgan fingerprint density at radius 2 is 0.597 bits per heavy atom. The van der Waals surface area contributed by atoms with Crippen molar-refractivity contribution >= 4 is 98.5 Å². The van der Waals surface area contributed by atoms with Gasteiger partial charge in [0.05, 0.1) is 44.1 Å². The van der Waals surface area contributed by atoms with E-state index in [0.29, 0.717) is 0 Å². The van der Waals surface area contributed by atoms with E-state index in [4.69, 9.17) is 9.97 Å². The lowest BCUT2D eigenvalue weighted by Crippen LogP contribution is -1.94. The van der Waals surface area contributed by atoms with Crippen LogP contribution in [0.2, 0.25) is 0 Å². The van der Waals surface area contributed by atoms with Crippen LogP contribution in [0.15, 0.2) is 224 Å². The van der Waals surface area contributed by atoms with E-state index in [-0.39, 0.29) is 0 Å². The smallest absolute Gasteiger partial charge is 0.146 e. The summed E-state index contributed by atoms with van der Waals surface area (Å²) in [5.74, 6) is 0. The highest BCUT2D eigenvalue weighted by Crippen LogP contribution is 2.41. The van der Waals surface area contributed by atoms with Gasteiger partial charge < -0.3 is 4.57 Å². The molecule has 0 saturated heterocycles. The number of pyridine rings is 2. The number of rotatable bonds is 4. The molecule has 0 N–H and O–H groups in total. The molecule has 5 nitrogen and oxygen atoms in total. The molecule has 0 aliphatic carbocycles. The zero-order valence-electron chi connectivity index (χ0n) is 36.1. The summed E-state index contributed by atoms with van der Waals surface area (Å²) in [4.78, 5) is 10.4. The Hall–Kier alpha value is -9.06. The topological polar surface area (TPSA) is 39.5 Å². The molecule has 0 spiro atoms. The summed E-state index contributed by atoms with van der Waals surface area (Å²) >= 11 is 0. The van der Waals surface area contributed by atoms with Gasteiger partial charge in [0, 0.05) is 38.0 Å². The lowest BCUT2D eigenvalue weighted by atomic mass is 9.92. The van der Waals surface area contributed by atoms with Crippen LogP contribution < -0.4 is 0 Å². The molecule has 5 heterocycles. The van der Waals surface area contributed by atoms with Gasteiger partial charge in [0.2, 0.25) is 0 Å². The zero-order valence-corrected chi connectivity index (χ0v) is 36.1. The number of aromatic nitrogens is 5. The minimum atomic E-state index is 0.973. The minimum Gasteiger partial charge on any atom is -0.309 e. The first-order chi connectivity index (χ1) is 33.2. The van der Waals surface area contributed by atoms with Crippen LogP contribution >= 0.6 is 0 Å². The van der Waals surface area contributed by atoms with Crippen LogP contribution in [-0.4, -0.2) is 23.3 Å². The van der Waals surface area contributed by atoms with Crippen molar-refractivity contribution in [1.29, 1.82) is 0 Å². The molecule has 0 fully saturated rings. The van der Waals surface area contributed by atoms with Gasteiger partial charge in [-0.15, -0.1) is 0 Å². The molecular weight excluding hydrogens is 815 g/mol. The Labute approximate surface area is 383 Å². The maximum Gasteiger partial charge on any atom is 0.146 e. The van der Waals surface area contributed by atoms with Crippen molar-refractivity contribution in [3.8, 4) is 39.1 Å². The van der Waals surface area contributed by atoms with E-state index in [1.165, 1.54) is 43.4 Å². The van der Waals surface area contributed by atoms with Crippen LogP contribution in [0.1, 0.15) is 0 Å². The van der Waals surface area contributed by atoms with E-state index in [2.05, 4.69) is 238 Å². The van der Waals surface area contributed by atoms with Gasteiger partial charge in [-0.2, -0.15) is 0 Å². The lowest BCUT2D eigenvalue weighted by molar-refractivity contribution is 1.18. The molecule has 0 saturated carbocycles. The second kappa shape index (κ2) is 13.7. The number of benzene rings is 10. The molecule has 15 rings (SSSR count). The Bertz CT molecular complexity index is 4300. The number of imidazole rings is 2. The Balaban J connectivity index is 0.971. The molecule has 0 aliphatic heterocycles. The van der Waals surface area contributed by atoms with Crippen molar-refractivity contribution in [3.63, 3.8) is 0 Å². The molecule has 0 radical (unpaired) electrons. The molecule has 10 aromatic carbocycles. The van der Waals surface area contributed by atoms with Crippen molar-refractivity contribution < 1.29 is 0 Å². The first-order valence-electron chi connectivity index (χ1n) is 22.9. The third-order valence-corrected chi connectivity index (χ3v) is 14.2. The quantitative estimate of drug-likeness (QED) is 0.166. The van der Waals surface area contributed by atoms with Gasteiger partial charge in [-0.1, -0.05) is 146 Å². The maximum absolute atomic E-state index is 5.20. The molecule has 0 atom stereocenters. The normalized spacial score (nSPS) is 12.2. The van der Waals surface area contributed by atoms with E-state index in [0.717, 1.165) is 94.2 Å². The van der Waals surface area contributed by atoms with Crippen LogP contribution in [-0.2, 0) is 0 Å². The van der Waals surface area contributed by atoms with E-state index in [1.807, 2.05) is 0 Å². The van der Waals surface area contributed by atoms with Crippen LogP contribution in [0, 0.1) is 0 Å². The first-order valence-corrected chi connectivity index (χ1v) is 22.9. The monoisotopic (exact) mass is 851 g/mol. The molecule has 0 aliphatic rings. The number of hydrogen-bond donors (Lipinski definition) is 0. The summed E-state index contributed by atoms with van der Waals surface area (Å²) in [6, 6.07) is 81.8. The molecule has 15 aromatic rings. The van der Waals surface area contributed by atoms with Gasteiger partial charge in [0.15, 0.2) is 0 Å². The highest BCUT2D eigenvalue weighted by atomic mass is 15.0. The average molecular weight is 852 g/mol. The minimum absolute atomic E-state index is 0.973. The molecule has 0 amide bonds. The van der Waals surface area contributed by atoms with E-state index in [1.54, 1.807) is 0 Å². The summed E-state index contributed by atoms with van der Waals surface area (Å²) in [5, 5.41) is 9.61. The fourth-order valence-electron chi connectivity index (χ4n) is 11.1. The predicted molar refractivity (Wildman–Crippen MR) is 280 cm³/mol. The average Bonchev–Trinajstić information content (AvgIpc) is 4.09. The van der Waals surface area contributed by atoms with Crippen molar-refractivity contribution in [1.82, 2.24) is 23.3 Å². The number of hydrogen-bond acceptors (Lipinski definition) is 2. The Morgan fingerprint density at radius 3 is 1.07 bits per heavy atom. The third kappa shape index (κ3) is 5.25. The van der Waals surface area contributed by atoms with Crippen LogP contribution in [0.3, 0.4) is 0 Å². The fourth-order valence-corrected chi connectivity index (χ4v) is 11.1. The van der Waals surface area contributed by atoms with Crippen LogP contribution in [0.25, 0.3) is 138 Å². The van der Waals surface area contributed by atoms with Crippen LogP contribution in [0.4, 0.5) is 0 Å². The van der Waals surface area contributed by atoms with Gasteiger partial charge in [-0.05, 0) is 123 Å². The van der Waals surface area contributed by atoms with E-state index < -0.39 is 0 Å². The summed E-state index contributed by atoms with van der Waals surface area (Å²) in [6.45, 7) is 0. The van der Waals surface area contributed by atoms with Gasteiger partial charge in [-0.25, -0.2) is 9.97 Å². The van der Waals surface area contributed by atoms with Gasteiger partial charge in [-0.3, -0.25) is 8.80 Å². The van der Waals surface area contributed by atoms with Crippen molar-refractivity contribution in [3.05, 3.63) is 224 Å². The molecular formula is C62H37N5. The Morgan fingerprint density at radius 1 is 0.239 bits per heavy atom. The SMILES string of the molecule is c1ccc2c(c1)nc1c3ccccc3c3ccc(-c4cc(-c5ccc(-n6c7ccccc7c7ccccc76)cc5)cc(-c5ccc6c7ccccc7c7nc8ccccc8n7c6c5)c4)cc3n21.